The molecule has 0 aliphatic carbocycles. The van der Waals surface area contributed by atoms with E-state index in [0.717, 1.165) is 18.1 Å². The molecule has 1 unspecified atom stereocenters. The van der Waals surface area contributed by atoms with Crippen molar-refractivity contribution in [3.8, 4) is 5.88 Å². The minimum atomic E-state index is 0.330. The number of guanidine groups is 1. The zero-order chi connectivity index (χ0) is 15.8. The molecule has 0 radical (unpaired) electrons. The first-order valence-electron chi connectivity index (χ1n) is 7.81. The van der Waals surface area contributed by atoms with Gasteiger partial charge in [-0.3, -0.25) is 4.99 Å². The number of ether oxygens (including phenoxy) is 1. The highest BCUT2D eigenvalue weighted by Crippen LogP contribution is 2.36. The monoisotopic (exact) mass is 322 g/mol. The zero-order valence-corrected chi connectivity index (χ0v) is 14.5. The summed E-state index contributed by atoms with van der Waals surface area (Å²) in [6.45, 7) is 6.55. The van der Waals surface area contributed by atoms with E-state index in [4.69, 9.17) is 4.74 Å². The molecule has 0 aromatic carbocycles. The zero-order valence-electron chi connectivity index (χ0n) is 13.7. The molecule has 0 amide bonds. The molecule has 1 saturated heterocycles. The molecular formula is C16H26N4OS. The minimum Gasteiger partial charge on any atom is -0.478 e. The Morgan fingerprint density at radius 2 is 2.36 bits per heavy atom. The van der Waals surface area contributed by atoms with E-state index in [1.54, 1.807) is 13.2 Å². The van der Waals surface area contributed by atoms with Gasteiger partial charge in [-0.25, -0.2) is 4.98 Å². The molecule has 22 heavy (non-hydrogen) atoms. The molecule has 1 aromatic heterocycles. The van der Waals surface area contributed by atoms with Crippen LogP contribution in [0.1, 0.15) is 32.3 Å². The Labute approximate surface area is 137 Å². The van der Waals surface area contributed by atoms with E-state index < -0.39 is 0 Å². The summed E-state index contributed by atoms with van der Waals surface area (Å²) in [5, 5.41) is 6.78. The lowest BCUT2D eigenvalue weighted by molar-refractivity contribution is 0.326. The van der Waals surface area contributed by atoms with Crippen LogP contribution in [0.15, 0.2) is 23.3 Å². The van der Waals surface area contributed by atoms with Crippen molar-refractivity contribution in [1.29, 1.82) is 0 Å². The highest BCUT2D eigenvalue weighted by Gasteiger charge is 2.29. The topological polar surface area (TPSA) is 58.5 Å². The lowest BCUT2D eigenvalue weighted by Gasteiger charge is -2.24. The van der Waals surface area contributed by atoms with Crippen molar-refractivity contribution in [1.82, 2.24) is 15.6 Å². The Kier molecular flexibility index (Phi) is 6.36. The quantitative estimate of drug-likeness (QED) is 0.622. The number of aliphatic imine (C=N–C) groups is 1. The molecule has 2 rings (SSSR count). The number of aromatic nitrogens is 1. The van der Waals surface area contributed by atoms with Gasteiger partial charge in [-0.2, -0.15) is 11.8 Å². The first kappa shape index (κ1) is 16.9. The molecule has 1 aliphatic heterocycles. The predicted octanol–water partition coefficient (Wildman–Crippen LogP) is 2.43. The third-order valence-electron chi connectivity index (χ3n) is 3.71. The van der Waals surface area contributed by atoms with Crippen molar-refractivity contribution in [2.75, 3.05) is 26.0 Å². The summed E-state index contributed by atoms with van der Waals surface area (Å²) in [5.74, 6) is 2.77. The van der Waals surface area contributed by atoms with E-state index in [1.807, 2.05) is 30.8 Å². The molecule has 1 aliphatic rings. The Morgan fingerprint density at radius 3 is 3.05 bits per heavy atom. The van der Waals surface area contributed by atoms with Crippen molar-refractivity contribution in [2.24, 2.45) is 4.99 Å². The molecule has 2 heterocycles. The van der Waals surface area contributed by atoms with Gasteiger partial charge >= 0.3 is 0 Å². The van der Waals surface area contributed by atoms with Gasteiger partial charge in [0.2, 0.25) is 5.88 Å². The molecule has 6 heteroatoms. The highest BCUT2D eigenvalue weighted by molar-refractivity contribution is 8.00. The Hall–Kier alpha value is -1.43. The summed E-state index contributed by atoms with van der Waals surface area (Å²) in [4.78, 5) is 8.47. The second-order valence-electron chi connectivity index (χ2n) is 5.62. The van der Waals surface area contributed by atoms with Crippen LogP contribution in [0.5, 0.6) is 5.88 Å². The number of rotatable bonds is 6. The molecule has 122 valence electrons. The second-order valence-corrected chi connectivity index (χ2v) is 7.30. The predicted molar refractivity (Wildman–Crippen MR) is 93.7 cm³/mol. The molecule has 0 bridgehead atoms. The minimum absolute atomic E-state index is 0.330. The standard InChI is InChI=1S/C16H26N4OS/c1-4-21-14-10-13(6-8-18-14)11-19-15(17-3)20-12-16(2)7-5-9-22-16/h6,8,10H,4-5,7,9,11-12H2,1-3H3,(H2,17,19,20). The van der Waals surface area contributed by atoms with Gasteiger partial charge < -0.3 is 15.4 Å². The Bertz CT molecular complexity index is 501. The number of hydrogen-bond acceptors (Lipinski definition) is 4. The largest absolute Gasteiger partial charge is 0.478 e. The maximum absolute atomic E-state index is 5.42. The molecule has 1 aromatic rings. The van der Waals surface area contributed by atoms with Crippen molar-refractivity contribution in [3.05, 3.63) is 23.9 Å². The molecular weight excluding hydrogens is 296 g/mol. The molecule has 1 fully saturated rings. The Morgan fingerprint density at radius 1 is 1.50 bits per heavy atom. The second kappa shape index (κ2) is 8.27. The first-order chi connectivity index (χ1) is 10.6. The summed E-state index contributed by atoms with van der Waals surface area (Å²) in [6, 6.07) is 3.94. The van der Waals surface area contributed by atoms with Crippen LogP contribution in [0.4, 0.5) is 0 Å². The van der Waals surface area contributed by atoms with Crippen molar-refractivity contribution in [3.63, 3.8) is 0 Å². The van der Waals surface area contributed by atoms with Crippen LogP contribution >= 0.6 is 11.8 Å². The third kappa shape index (κ3) is 5.09. The number of nitrogens with zero attached hydrogens (tertiary/aromatic N) is 2. The van der Waals surface area contributed by atoms with Crippen LogP contribution in [0, 0.1) is 0 Å². The van der Waals surface area contributed by atoms with E-state index in [9.17, 15) is 0 Å². The summed E-state index contributed by atoms with van der Waals surface area (Å²) >= 11 is 2.05. The summed E-state index contributed by atoms with van der Waals surface area (Å²) in [7, 11) is 1.80. The molecule has 0 saturated carbocycles. The van der Waals surface area contributed by atoms with Crippen molar-refractivity contribution >= 4 is 17.7 Å². The van der Waals surface area contributed by atoms with Gasteiger partial charge in [0.25, 0.3) is 0 Å². The van der Waals surface area contributed by atoms with Crippen molar-refractivity contribution in [2.45, 2.75) is 38.0 Å². The lowest BCUT2D eigenvalue weighted by Crippen LogP contribution is -2.43. The van der Waals surface area contributed by atoms with Crippen LogP contribution in [-0.2, 0) is 6.54 Å². The van der Waals surface area contributed by atoms with Gasteiger partial charge in [-0.15, -0.1) is 0 Å². The van der Waals surface area contributed by atoms with E-state index in [1.165, 1.54) is 18.6 Å². The van der Waals surface area contributed by atoms with Crippen LogP contribution in [0.3, 0.4) is 0 Å². The number of hydrogen-bond donors (Lipinski definition) is 2. The maximum Gasteiger partial charge on any atom is 0.213 e. The van der Waals surface area contributed by atoms with Crippen LogP contribution in [-0.4, -0.2) is 41.6 Å². The fourth-order valence-electron chi connectivity index (χ4n) is 2.44. The fourth-order valence-corrected chi connectivity index (χ4v) is 3.68. The van der Waals surface area contributed by atoms with Crippen LogP contribution < -0.4 is 15.4 Å². The first-order valence-corrected chi connectivity index (χ1v) is 8.80. The van der Waals surface area contributed by atoms with Gasteiger partial charge in [0.1, 0.15) is 0 Å². The molecule has 5 nitrogen and oxygen atoms in total. The van der Waals surface area contributed by atoms with Gasteiger partial charge in [-0.05, 0) is 44.1 Å². The van der Waals surface area contributed by atoms with Crippen molar-refractivity contribution < 1.29 is 4.74 Å². The Balaban J connectivity index is 1.82. The highest BCUT2D eigenvalue weighted by atomic mass is 32.2. The average molecular weight is 322 g/mol. The molecule has 2 N–H and O–H groups in total. The van der Waals surface area contributed by atoms with E-state index >= 15 is 0 Å². The van der Waals surface area contributed by atoms with E-state index in [0.29, 0.717) is 23.8 Å². The summed E-state index contributed by atoms with van der Waals surface area (Å²) < 4.78 is 5.75. The van der Waals surface area contributed by atoms with Crippen LogP contribution in [0.25, 0.3) is 0 Å². The molecule has 1 atom stereocenters. The maximum atomic E-state index is 5.42. The summed E-state index contributed by atoms with van der Waals surface area (Å²) in [6.07, 6.45) is 4.35. The fraction of sp³-hybridized carbons (Fsp3) is 0.625. The van der Waals surface area contributed by atoms with Gasteiger partial charge in [-0.1, -0.05) is 0 Å². The van der Waals surface area contributed by atoms with E-state index in [-0.39, 0.29) is 0 Å². The number of pyridine rings is 1. The third-order valence-corrected chi connectivity index (χ3v) is 5.24. The SMILES string of the molecule is CCOc1cc(CNC(=NC)NCC2(C)CCCS2)ccn1. The summed E-state index contributed by atoms with van der Waals surface area (Å²) in [5.41, 5.74) is 1.13. The molecule has 0 spiro atoms. The smallest absolute Gasteiger partial charge is 0.213 e. The van der Waals surface area contributed by atoms with Gasteiger partial charge in [0.05, 0.1) is 6.61 Å². The normalized spacial score (nSPS) is 21.7. The number of nitrogens with one attached hydrogen (secondary N) is 2. The average Bonchev–Trinajstić information content (AvgIpc) is 2.95. The van der Waals surface area contributed by atoms with Crippen LogP contribution in [0.2, 0.25) is 0 Å². The number of thioether (sulfide) groups is 1. The van der Waals surface area contributed by atoms with Gasteiger partial charge in [0, 0.05) is 37.1 Å². The van der Waals surface area contributed by atoms with E-state index in [2.05, 4.69) is 27.5 Å². The van der Waals surface area contributed by atoms with Gasteiger partial charge in [0.15, 0.2) is 5.96 Å². The lowest BCUT2D eigenvalue weighted by atomic mass is 10.1.